The number of fused-ring (bicyclic) bond motifs is 5. The fraction of sp³-hybridized carbons (Fsp3) is 0.426. The van der Waals surface area contributed by atoms with E-state index in [1.54, 1.807) is 78.9 Å². The molecule has 87 heavy (non-hydrogen) atoms. The highest BCUT2D eigenvalue weighted by Gasteiger charge is 2.78. The average Bonchev–Trinajstić information content (AvgIpc) is 0.726. The van der Waals surface area contributed by atoms with Crippen molar-refractivity contribution in [3.63, 3.8) is 0 Å². The molecule has 1 aromatic heterocycles. The number of rotatable bonds is 22. The van der Waals surface area contributed by atoms with Crippen LogP contribution >= 0.6 is 33.8 Å². The fourth-order valence-corrected chi connectivity index (χ4v) is 13.7. The Hall–Kier alpha value is -7.75. The molecule has 0 radical (unpaired) electrons. The van der Waals surface area contributed by atoms with Crippen LogP contribution in [0.5, 0.6) is 0 Å². The van der Waals surface area contributed by atoms with Crippen LogP contribution in [-0.4, -0.2) is 153 Å². The molecule has 6 N–H and O–H groups in total. The van der Waals surface area contributed by atoms with E-state index < -0.39 is 125 Å². The summed E-state index contributed by atoms with van der Waals surface area (Å²) in [6, 6.07) is 25.7. The molecule has 4 aliphatic rings. The molecule has 26 heteroatoms. The number of nitrogens with one attached hydrogen (secondary N) is 2. The van der Waals surface area contributed by atoms with E-state index in [0.29, 0.717) is 17.0 Å². The summed E-state index contributed by atoms with van der Waals surface area (Å²) in [5, 5.41) is 33.0. The number of nitrogens with zero attached hydrogens (tertiary/aromatic N) is 2. The van der Waals surface area contributed by atoms with Crippen molar-refractivity contribution >= 4 is 92.8 Å². The Labute approximate surface area is 514 Å². The van der Waals surface area contributed by atoms with Crippen molar-refractivity contribution in [1.82, 2.24) is 15.7 Å². The number of amides is 1. The van der Waals surface area contributed by atoms with E-state index in [4.69, 9.17) is 55.8 Å². The largest absolute Gasteiger partial charge is 0.509 e. The Kier molecular flexibility index (Phi) is 21.0. The first-order valence-corrected chi connectivity index (χ1v) is 30.6. The number of ether oxygens (including phenoxy) is 8. The Balaban J connectivity index is 1.09. The van der Waals surface area contributed by atoms with Gasteiger partial charge in [0.1, 0.15) is 43.2 Å². The van der Waals surface area contributed by atoms with Gasteiger partial charge >= 0.3 is 36.0 Å². The standard InChI is InChI=1S/C61H67N5O18S3/c1-34-42(31-61(76)52(83-54(73)39-21-14-9-15-22-39)50-59(6,43(69)30-44-60(50,33-79-44)84-36(3)68)51(71)48(80-35(2)67)46(34)58(61,4)5)81-55(74)49(47(37-17-10-7-11-18-37)65-53(72)38-19-12-8-13-20-38)82-57(75)78-26-28-87-86-27-25-77-45(70)29-40-23-16-24-63-41(40)32-64-66-56(62)85/h7-24,32,42-44,47-50,52,69,76H,25-31,33H2,1-6H3,(H,65,72)(H3,62,66,85)/b64-32-/t42-,43-,44+,47-,48+,49+,50-,52-,59+,60-,61+/m0/s1. The SMILES string of the molecule is CC(=O)O[C@H]1C(=O)[C@@]2(C)[C@H]([C@H](OC(=O)c3ccccc3)[C@]3(O)C[C@H](OC(=O)[C@H](OC(=O)OCCSSCCOC(=O)Cc4cccnc4/C=N\NC(N)=S)[C@@H](NC(=O)c4ccccc4)c4ccccc4)C(C)=C1C3(C)C)[C@]1(OC(C)=O)CO[C@@H]1C[C@@H]2O. The molecule has 0 spiro atoms. The zero-order valence-electron chi connectivity index (χ0n) is 48.4. The van der Waals surface area contributed by atoms with Crippen LogP contribution in [0, 0.1) is 16.7 Å². The van der Waals surface area contributed by atoms with Crippen LogP contribution in [0.4, 0.5) is 4.79 Å². The molecule has 11 atom stereocenters. The normalized spacial score (nSPS) is 25.9. The minimum Gasteiger partial charge on any atom is -0.465 e. The Morgan fingerprint density at radius 1 is 0.862 bits per heavy atom. The second kappa shape index (κ2) is 28.0. The summed E-state index contributed by atoms with van der Waals surface area (Å²) >= 11 is 4.75. The highest BCUT2D eigenvalue weighted by Crippen LogP contribution is 2.64. The number of hydrogen-bond donors (Lipinski definition) is 5. The van der Waals surface area contributed by atoms with Crippen molar-refractivity contribution in [1.29, 1.82) is 0 Å². The monoisotopic (exact) mass is 1250 g/mol. The van der Waals surface area contributed by atoms with Gasteiger partial charge in [-0.25, -0.2) is 14.4 Å². The first kappa shape index (κ1) is 65.2. The van der Waals surface area contributed by atoms with Gasteiger partial charge < -0.3 is 59.2 Å². The van der Waals surface area contributed by atoms with Crippen molar-refractivity contribution in [2.45, 2.75) is 115 Å². The molecule has 2 bridgehead atoms. The molecular formula is C61H67N5O18S3. The van der Waals surface area contributed by atoms with Gasteiger partial charge in [-0.3, -0.25) is 34.4 Å². The first-order valence-electron chi connectivity index (χ1n) is 27.7. The third-order valence-electron chi connectivity index (χ3n) is 16.2. The molecule has 3 aliphatic carbocycles. The molecule has 23 nitrogen and oxygen atoms in total. The molecule has 0 unspecified atom stereocenters. The number of Topliss-reactive ketones (excluding diaryl/α,β-unsaturated/α-hetero) is 1. The van der Waals surface area contributed by atoms with Gasteiger partial charge in [-0.15, -0.1) is 0 Å². The maximum Gasteiger partial charge on any atom is 0.509 e. The zero-order valence-corrected chi connectivity index (χ0v) is 50.8. The van der Waals surface area contributed by atoms with Gasteiger partial charge in [0.05, 0.1) is 47.9 Å². The van der Waals surface area contributed by atoms with Gasteiger partial charge in [0.25, 0.3) is 5.91 Å². The quantitative estimate of drug-likeness (QED) is 0.00931. The molecule has 1 amide bonds. The highest BCUT2D eigenvalue weighted by molar-refractivity contribution is 8.76. The number of aliphatic hydroxyl groups excluding tert-OH is 1. The smallest absolute Gasteiger partial charge is 0.465 e. The summed E-state index contributed by atoms with van der Waals surface area (Å²) < 4.78 is 47.7. The lowest BCUT2D eigenvalue weighted by molar-refractivity contribution is -0.346. The molecule has 3 aromatic carbocycles. The van der Waals surface area contributed by atoms with Gasteiger partial charge in [0.15, 0.2) is 22.6 Å². The summed E-state index contributed by atoms with van der Waals surface area (Å²) in [6.07, 6.45) is -9.73. The van der Waals surface area contributed by atoms with Crippen LogP contribution in [0.2, 0.25) is 0 Å². The number of aliphatic hydroxyl groups is 2. The second-order valence-electron chi connectivity index (χ2n) is 21.9. The number of nitrogens with two attached hydrogens (primary N) is 1. The number of hydrogen-bond acceptors (Lipinski definition) is 23. The number of pyridine rings is 1. The van der Waals surface area contributed by atoms with Crippen LogP contribution in [-0.2, 0) is 68.3 Å². The molecule has 2 heterocycles. The van der Waals surface area contributed by atoms with E-state index in [1.807, 2.05) is 0 Å². The molecule has 8 rings (SSSR count). The molecule has 3 fully saturated rings. The number of esters is 5. The molecule has 1 aliphatic heterocycles. The Morgan fingerprint density at radius 3 is 2.10 bits per heavy atom. The fourth-order valence-electron chi connectivity index (χ4n) is 12.0. The van der Waals surface area contributed by atoms with E-state index in [1.165, 1.54) is 86.0 Å². The van der Waals surface area contributed by atoms with Crippen molar-refractivity contribution in [2.75, 3.05) is 31.3 Å². The van der Waals surface area contributed by atoms with Gasteiger partial charge in [0, 0.05) is 55.4 Å². The van der Waals surface area contributed by atoms with Crippen LogP contribution < -0.4 is 16.5 Å². The summed E-state index contributed by atoms with van der Waals surface area (Å²) in [7, 11) is 2.60. The molecule has 2 saturated carbocycles. The van der Waals surface area contributed by atoms with Crippen LogP contribution in [0.3, 0.4) is 0 Å². The van der Waals surface area contributed by atoms with Crippen molar-refractivity contribution in [3.8, 4) is 0 Å². The third-order valence-corrected chi connectivity index (χ3v) is 18.6. The number of ketones is 1. The number of thiocarbonyl (C=S) groups is 1. The molecular weight excluding hydrogens is 1190 g/mol. The highest BCUT2D eigenvalue weighted by atomic mass is 33.1. The number of benzene rings is 3. The lowest BCUT2D eigenvalue weighted by Crippen LogP contribution is -2.82. The van der Waals surface area contributed by atoms with E-state index >= 15 is 9.59 Å². The van der Waals surface area contributed by atoms with Gasteiger partial charge in [0.2, 0.25) is 6.10 Å². The third kappa shape index (κ3) is 14.2. The van der Waals surface area contributed by atoms with Crippen LogP contribution in [0.25, 0.3) is 0 Å². The lowest BCUT2D eigenvalue weighted by Gasteiger charge is -2.67. The van der Waals surface area contributed by atoms with Crippen LogP contribution in [0.1, 0.15) is 98.0 Å². The Bertz CT molecular complexity index is 3300. The van der Waals surface area contributed by atoms with E-state index in [0.717, 1.165) is 13.8 Å². The molecule has 1 saturated heterocycles. The average molecular weight is 1250 g/mol. The van der Waals surface area contributed by atoms with Gasteiger partial charge in [-0.2, -0.15) is 5.10 Å². The second-order valence-corrected chi connectivity index (χ2v) is 25.0. The maximum atomic E-state index is 15.8. The predicted octanol–water partition coefficient (Wildman–Crippen LogP) is 5.63. The number of carbonyl (C=O) groups is 8. The maximum absolute atomic E-state index is 15.8. The van der Waals surface area contributed by atoms with Crippen molar-refractivity contribution in [3.05, 3.63) is 148 Å². The Morgan fingerprint density at radius 2 is 1.49 bits per heavy atom. The lowest BCUT2D eigenvalue weighted by atomic mass is 9.44. The van der Waals surface area contributed by atoms with Gasteiger partial charge in [-0.05, 0) is 78.7 Å². The number of hydrazone groups is 1. The summed E-state index contributed by atoms with van der Waals surface area (Å²) in [6.45, 7) is 7.54. The zero-order chi connectivity index (χ0) is 62.8. The summed E-state index contributed by atoms with van der Waals surface area (Å²) in [5.41, 5.74) is 0.998. The van der Waals surface area contributed by atoms with E-state index in [9.17, 15) is 39.0 Å². The van der Waals surface area contributed by atoms with Crippen molar-refractivity contribution < 1.29 is 86.5 Å². The van der Waals surface area contributed by atoms with Crippen LogP contribution in [0.15, 0.2) is 126 Å². The minimum atomic E-state index is -2.52. The summed E-state index contributed by atoms with van der Waals surface area (Å²) in [4.78, 5) is 117. The van der Waals surface area contributed by atoms with Gasteiger partial charge in [-0.1, -0.05) is 108 Å². The molecule has 4 aromatic rings. The predicted molar refractivity (Wildman–Crippen MR) is 319 cm³/mol. The topological polar surface area (TPSA) is 326 Å². The van der Waals surface area contributed by atoms with E-state index in [2.05, 4.69) is 20.8 Å². The van der Waals surface area contributed by atoms with Crippen molar-refractivity contribution in [2.24, 2.45) is 27.6 Å². The number of aromatic nitrogens is 1. The summed E-state index contributed by atoms with van der Waals surface area (Å²) in [5.74, 6) is -7.27. The molecule has 462 valence electrons. The first-order chi connectivity index (χ1) is 41.4. The minimum absolute atomic E-state index is 0.0207. The number of carbonyl (C=O) groups excluding carboxylic acids is 8. The van der Waals surface area contributed by atoms with E-state index in [-0.39, 0.29) is 71.4 Å².